The predicted octanol–water partition coefficient (Wildman–Crippen LogP) is 3.22. The minimum absolute atomic E-state index is 0. The van der Waals surface area contributed by atoms with E-state index in [2.05, 4.69) is 26.2 Å². The summed E-state index contributed by atoms with van der Waals surface area (Å²) in [5.74, 6) is 0.555. The van der Waals surface area contributed by atoms with Gasteiger partial charge < -0.3 is 10.2 Å². The normalized spacial score (nSPS) is 19.0. The van der Waals surface area contributed by atoms with E-state index in [4.69, 9.17) is 0 Å². The monoisotopic (exact) mass is 561 g/mol. The van der Waals surface area contributed by atoms with Gasteiger partial charge >= 0.3 is 0 Å². The lowest BCUT2D eigenvalue weighted by Gasteiger charge is -2.39. The van der Waals surface area contributed by atoms with Crippen LogP contribution >= 0.6 is 39.9 Å². The summed E-state index contributed by atoms with van der Waals surface area (Å²) in [6.45, 7) is 7.39. The highest BCUT2D eigenvalue weighted by Crippen LogP contribution is 2.23. The van der Waals surface area contributed by atoms with Crippen molar-refractivity contribution in [1.82, 2.24) is 10.2 Å². The fourth-order valence-corrected chi connectivity index (χ4v) is 4.54. The highest BCUT2D eigenvalue weighted by atomic mass is 127. The Bertz CT molecular complexity index is 756. The van der Waals surface area contributed by atoms with Gasteiger partial charge in [0, 0.05) is 30.7 Å². The third-order valence-corrected chi connectivity index (χ3v) is 7.35. The largest absolute Gasteiger partial charge is 0.357 e. The maximum Gasteiger partial charge on any atom is 0.194 e. The van der Waals surface area contributed by atoms with Crippen LogP contribution in [0.15, 0.2) is 27.7 Å². The van der Waals surface area contributed by atoms with Gasteiger partial charge in [-0.25, -0.2) is 12.8 Å². The number of hydrogen-bond donors (Lipinski definition) is 1. The molecule has 9 heteroatoms. The summed E-state index contributed by atoms with van der Waals surface area (Å²) in [6, 6.07) is 4.86. The average Bonchev–Trinajstić information content (AvgIpc) is 2.52. The quantitative estimate of drug-likeness (QED) is 0.348. The highest BCUT2D eigenvalue weighted by molar-refractivity contribution is 14.0. The van der Waals surface area contributed by atoms with Gasteiger partial charge in [0.05, 0.1) is 10.5 Å². The van der Waals surface area contributed by atoms with E-state index in [9.17, 15) is 12.8 Å². The van der Waals surface area contributed by atoms with Crippen LogP contribution in [-0.4, -0.2) is 56.0 Å². The standard InChI is InChI=1S/C17H25BrFN3O2S.HI/c1-4-20-16(22-9-10-25(23,24)17(2,3)12-22)21-8-7-13-11-14(18)5-6-15(13)19;/h5-6,11H,4,7-10,12H2,1-3H3,(H,20,21);1H. The summed E-state index contributed by atoms with van der Waals surface area (Å²) in [5, 5.41) is 3.21. The molecule has 1 fully saturated rings. The van der Waals surface area contributed by atoms with Gasteiger partial charge in [0.25, 0.3) is 0 Å². The van der Waals surface area contributed by atoms with Crippen LogP contribution in [0.4, 0.5) is 4.39 Å². The lowest BCUT2D eigenvalue weighted by molar-refractivity contribution is 0.353. The zero-order valence-corrected chi connectivity index (χ0v) is 20.0. The van der Waals surface area contributed by atoms with Crippen molar-refractivity contribution in [1.29, 1.82) is 0 Å². The number of sulfone groups is 1. The Kier molecular flexibility index (Phi) is 8.79. The molecule has 0 radical (unpaired) electrons. The number of rotatable bonds is 4. The summed E-state index contributed by atoms with van der Waals surface area (Å²) >= 11 is 3.35. The highest BCUT2D eigenvalue weighted by Gasteiger charge is 2.40. The second kappa shape index (κ2) is 9.68. The van der Waals surface area contributed by atoms with E-state index in [-0.39, 0.29) is 35.5 Å². The molecule has 1 heterocycles. The topological polar surface area (TPSA) is 61.8 Å². The molecule has 1 aliphatic heterocycles. The van der Waals surface area contributed by atoms with Crippen molar-refractivity contribution in [3.05, 3.63) is 34.1 Å². The minimum Gasteiger partial charge on any atom is -0.357 e. The third-order valence-electron chi connectivity index (χ3n) is 4.33. The van der Waals surface area contributed by atoms with Crippen molar-refractivity contribution >= 4 is 55.7 Å². The Balaban J connectivity index is 0.00000338. The van der Waals surface area contributed by atoms with Crippen LogP contribution in [-0.2, 0) is 16.3 Å². The molecule has 1 saturated heterocycles. The molecule has 1 aliphatic rings. The predicted molar refractivity (Wildman–Crippen MR) is 119 cm³/mol. The molecule has 0 saturated carbocycles. The third kappa shape index (κ3) is 5.79. The molecule has 1 N–H and O–H groups in total. The second-order valence-electron chi connectivity index (χ2n) is 6.72. The first-order valence-electron chi connectivity index (χ1n) is 8.36. The Morgan fingerprint density at radius 3 is 2.73 bits per heavy atom. The zero-order valence-electron chi connectivity index (χ0n) is 15.3. The van der Waals surface area contributed by atoms with Gasteiger partial charge in [-0.05, 0) is 51.0 Å². The Morgan fingerprint density at radius 1 is 1.42 bits per heavy atom. The smallest absolute Gasteiger partial charge is 0.194 e. The molecular formula is C17H26BrFIN3O2S. The van der Waals surface area contributed by atoms with Gasteiger partial charge in [0.1, 0.15) is 5.82 Å². The van der Waals surface area contributed by atoms with E-state index in [1.807, 2.05) is 11.8 Å². The first-order chi connectivity index (χ1) is 11.7. The average molecular weight is 562 g/mol. The van der Waals surface area contributed by atoms with E-state index < -0.39 is 14.6 Å². The second-order valence-corrected chi connectivity index (χ2v) is 10.4. The van der Waals surface area contributed by atoms with Crippen LogP contribution in [0.5, 0.6) is 0 Å². The van der Waals surface area contributed by atoms with Crippen molar-refractivity contribution < 1.29 is 12.8 Å². The number of aliphatic imine (C=N–C) groups is 1. The molecule has 0 unspecified atom stereocenters. The molecule has 2 rings (SSSR count). The van der Waals surface area contributed by atoms with Crippen LogP contribution in [0.2, 0.25) is 0 Å². The van der Waals surface area contributed by atoms with Crippen LogP contribution in [0.3, 0.4) is 0 Å². The Morgan fingerprint density at radius 2 is 2.12 bits per heavy atom. The van der Waals surface area contributed by atoms with E-state index in [1.54, 1.807) is 26.0 Å². The molecule has 0 bridgehead atoms. The maximum atomic E-state index is 13.8. The van der Waals surface area contributed by atoms with Crippen LogP contribution in [0.1, 0.15) is 26.3 Å². The molecule has 148 valence electrons. The zero-order chi connectivity index (χ0) is 18.7. The molecule has 5 nitrogen and oxygen atoms in total. The molecule has 0 amide bonds. The van der Waals surface area contributed by atoms with Gasteiger partial charge in [0.15, 0.2) is 15.8 Å². The number of guanidine groups is 1. The van der Waals surface area contributed by atoms with Gasteiger partial charge in [0.2, 0.25) is 0 Å². The van der Waals surface area contributed by atoms with Crippen molar-refractivity contribution in [3.63, 3.8) is 0 Å². The first-order valence-corrected chi connectivity index (χ1v) is 10.8. The fourth-order valence-electron chi connectivity index (χ4n) is 2.77. The number of halogens is 3. The Hall–Kier alpha value is -0.420. The summed E-state index contributed by atoms with van der Waals surface area (Å²) in [7, 11) is -3.10. The maximum absolute atomic E-state index is 13.8. The summed E-state index contributed by atoms with van der Waals surface area (Å²) in [4.78, 5) is 6.55. The first kappa shape index (κ1) is 23.6. The van der Waals surface area contributed by atoms with E-state index >= 15 is 0 Å². The fraction of sp³-hybridized carbons (Fsp3) is 0.588. The molecule has 0 aliphatic carbocycles. The number of hydrogen-bond acceptors (Lipinski definition) is 3. The molecular weight excluding hydrogens is 536 g/mol. The van der Waals surface area contributed by atoms with E-state index in [1.165, 1.54) is 6.07 Å². The number of benzene rings is 1. The summed E-state index contributed by atoms with van der Waals surface area (Å²) in [5.41, 5.74) is 0.607. The van der Waals surface area contributed by atoms with Gasteiger partial charge in [-0.15, -0.1) is 24.0 Å². The SMILES string of the molecule is CCNC(=NCCc1cc(Br)ccc1F)N1CCS(=O)(=O)C(C)(C)C1.I. The van der Waals surface area contributed by atoms with Gasteiger partial charge in [-0.1, -0.05) is 15.9 Å². The van der Waals surface area contributed by atoms with Gasteiger partial charge in [-0.3, -0.25) is 4.99 Å². The van der Waals surface area contributed by atoms with E-state index in [0.717, 1.165) is 4.47 Å². The van der Waals surface area contributed by atoms with Crippen LogP contribution in [0, 0.1) is 5.82 Å². The minimum atomic E-state index is -3.10. The lowest BCUT2D eigenvalue weighted by Crippen LogP contribution is -2.57. The van der Waals surface area contributed by atoms with Crippen molar-refractivity contribution in [2.24, 2.45) is 4.99 Å². The summed E-state index contributed by atoms with van der Waals surface area (Å²) < 4.78 is 38.2. The van der Waals surface area contributed by atoms with E-state index in [0.29, 0.717) is 44.1 Å². The number of nitrogens with zero attached hydrogens (tertiary/aromatic N) is 2. The van der Waals surface area contributed by atoms with Gasteiger partial charge in [-0.2, -0.15) is 0 Å². The van der Waals surface area contributed by atoms with Crippen molar-refractivity contribution in [3.8, 4) is 0 Å². The number of nitrogens with one attached hydrogen (secondary N) is 1. The molecule has 1 aromatic rings. The van der Waals surface area contributed by atoms with Crippen molar-refractivity contribution in [2.45, 2.75) is 31.9 Å². The van der Waals surface area contributed by atoms with Crippen LogP contribution in [0.25, 0.3) is 0 Å². The van der Waals surface area contributed by atoms with Crippen LogP contribution < -0.4 is 5.32 Å². The molecule has 26 heavy (non-hydrogen) atoms. The molecule has 0 atom stereocenters. The lowest BCUT2D eigenvalue weighted by atomic mass is 10.1. The molecule has 0 aromatic heterocycles. The molecule has 1 aromatic carbocycles. The Labute approximate surface area is 180 Å². The van der Waals surface area contributed by atoms with Crippen molar-refractivity contribution in [2.75, 3.05) is 31.9 Å². The summed E-state index contributed by atoms with van der Waals surface area (Å²) in [6.07, 6.45) is 0.482. The molecule has 0 spiro atoms.